The molecule has 1 aliphatic heterocycles. The maximum absolute atomic E-state index is 12.3. The second kappa shape index (κ2) is 4.26. The lowest BCUT2D eigenvalue weighted by molar-refractivity contribution is 0.282. The number of nitrogens with one attached hydrogen (secondary N) is 1. The molecule has 0 radical (unpaired) electrons. The molecule has 0 saturated carbocycles. The zero-order valence-electron chi connectivity index (χ0n) is 9.57. The third-order valence-electron chi connectivity index (χ3n) is 3.01. The number of aliphatic hydroxyl groups excluding tert-OH is 1. The fourth-order valence-electron chi connectivity index (χ4n) is 2.08. The Hall–Kier alpha value is -0.590. The Morgan fingerprint density at radius 2 is 2.12 bits per heavy atom. The van der Waals surface area contributed by atoms with E-state index in [4.69, 9.17) is 0 Å². The molecule has 1 aromatic carbocycles. The molecule has 0 saturated heterocycles. The van der Waals surface area contributed by atoms with Gasteiger partial charge in [0, 0.05) is 10.5 Å². The first-order valence-electron chi connectivity index (χ1n) is 5.29. The van der Waals surface area contributed by atoms with Crippen LogP contribution in [0.2, 0.25) is 0 Å². The highest BCUT2D eigenvalue weighted by Crippen LogP contribution is 2.38. The van der Waals surface area contributed by atoms with Gasteiger partial charge in [-0.1, -0.05) is 0 Å². The van der Waals surface area contributed by atoms with E-state index in [0.29, 0.717) is 5.69 Å². The monoisotopic (exact) mass is 319 g/mol. The molecule has 2 atom stereocenters. The van der Waals surface area contributed by atoms with Crippen molar-refractivity contribution in [1.82, 2.24) is 0 Å². The first-order chi connectivity index (χ1) is 7.87. The Balaban J connectivity index is 2.71. The number of anilines is 1. The minimum Gasteiger partial charge on any atom is -0.395 e. The predicted molar refractivity (Wildman–Crippen MR) is 70.0 cm³/mol. The summed E-state index contributed by atoms with van der Waals surface area (Å²) in [5.74, 6) is 0. The van der Waals surface area contributed by atoms with Crippen LogP contribution in [0, 0.1) is 6.92 Å². The minimum atomic E-state index is -3.47. The van der Waals surface area contributed by atoms with Gasteiger partial charge in [0.2, 0.25) is 0 Å². The van der Waals surface area contributed by atoms with Crippen molar-refractivity contribution in [3.63, 3.8) is 0 Å². The van der Waals surface area contributed by atoms with Crippen LogP contribution in [0.5, 0.6) is 0 Å². The summed E-state index contributed by atoms with van der Waals surface area (Å²) >= 11 is 3.36. The van der Waals surface area contributed by atoms with Gasteiger partial charge in [-0.05, 0) is 47.5 Å². The molecule has 0 aromatic heterocycles. The van der Waals surface area contributed by atoms with Crippen molar-refractivity contribution in [3.8, 4) is 0 Å². The molecule has 0 fully saturated rings. The number of benzene rings is 1. The van der Waals surface area contributed by atoms with Crippen LogP contribution in [-0.2, 0) is 9.84 Å². The molecule has 4 nitrogen and oxygen atoms in total. The molecule has 6 heteroatoms. The molecule has 2 rings (SSSR count). The first-order valence-corrected chi connectivity index (χ1v) is 7.63. The average Bonchev–Trinajstić information content (AvgIpc) is 2.20. The van der Waals surface area contributed by atoms with Crippen molar-refractivity contribution in [3.05, 3.63) is 22.2 Å². The Kier molecular flexibility index (Phi) is 3.22. The molecule has 0 bridgehead atoms. The molecule has 2 N–H and O–H groups in total. The number of rotatable bonds is 1. The molecule has 94 valence electrons. The van der Waals surface area contributed by atoms with E-state index in [2.05, 4.69) is 21.2 Å². The normalized spacial score (nSPS) is 26.1. The van der Waals surface area contributed by atoms with E-state index in [1.165, 1.54) is 0 Å². The molecule has 1 heterocycles. The van der Waals surface area contributed by atoms with Crippen molar-refractivity contribution in [2.24, 2.45) is 0 Å². The van der Waals surface area contributed by atoms with Crippen molar-refractivity contribution >= 4 is 31.5 Å². The van der Waals surface area contributed by atoms with Crippen LogP contribution in [0.3, 0.4) is 0 Å². The third kappa shape index (κ3) is 1.98. The summed E-state index contributed by atoms with van der Waals surface area (Å²) in [6.07, 6.45) is 0. The van der Waals surface area contributed by atoms with Crippen LogP contribution in [0.4, 0.5) is 5.69 Å². The highest BCUT2D eigenvalue weighted by Gasteiger charge is 2.39. The predicted octanol–water partition coefficient (Wildman–Crippen LogP) is 1.71. The van der Waals surface area contributed by atoms with Gasteiger partial charge in [0.15, 0.2) is 9.84 Å². The van der Waals surface area contributed by atoms with Crippen LogP contribution < -0.4 is 5.32 Å². The summed E-state index contributed by atoms with van der Waals surface area (Å²) in [4.78, 5) is 0.265. The Morgan fingerprint density at radius 3 is 2.71 bits per heavy atom. The molecule has 2 unspecified atom stereocenters. The van der Waals surface area contributed by atoms with Crippen LogP contribution in [0.25, 0.3) is 0 Å². The molecular weight excluding hydrogens is 306 g/mol. The van der Waals surface area contributed by atoms with Gasteiger partial charge in [-0.2, -0.15) is 0 Å². The van der Waals surface area contributed by atoms with Crippen LogP contribution in [0.15, 0.2) is 21.5 Å². The molecule has 0 aliphatic carbocycles. The zero-order chi connectivity index (χ0) is 12.8. The second-order valence-electron chi connectivity index (χ2n) is 4.32. The standard InChI is InChI=1S/C11H14BrNO3S/c1-6-3-8(12)11-9(4-6)17(15,16)10(5-14)7(2)13-11/h3-4,7,10,13-14H,5H2,1-2H3. The third-order valence-corrected chi connectivity index (χ3v) is 5.93. The van der Waals surface area contributed by atoms with Gasteiger partial charge < -0.3 is 10.4 Å². The smallest absolute Gasteiger partial charge is 0.187 e. The zero-order valence-corrected chi connectivity index (χ0v) is 12.0. The summed E-state index contributed by atoms with van der Waals surface area (Å²) in [6.45, 7) is 3.22. The van der Waals surface area contributed by atoms with Gasteiger partial charge in [0.1, 0.15) is 5.25 Å². The maximum atomic E-state index is 12.3. The van der Waals surface area contributed by atoms with E-state index in [-0.39, 0.29) is 17.5 Å². The van der Waals surface area contributed by atoms with Crippen molar-refractivity contribution in [2.75, 3.05) is 11.9 Å². The number of hydrogen-bond donors (Lipinski definition) is 2. The number of aliphatic hydroxyl groups is 1. The van der Waals surface area contributed by atoms with E-state index in [0.717, 1.165) is 10.0 Å². The van der Waals surface area contributed by atoms with Crippen molar-refractivity contribution < 1.29 is 13.5 Å². The minimum absolute atomic E-state index is 0.265. The van der Waals surface area contributed by atoms with Gasteiger partial charge in [0.05, 0.1) is 17.2 Å². The highest BCUT2D eigenvalue weighted by atomic mass is 79.9. The van der Waals surface area contributed by atoms with Crippen molar-refractivity contribution in [1.29, 1.82) is 0 Å². The molecule has 0 amide bonds. The van der Waals surface area contributed by atoms with E-state index >= 15 is 0 Å². The molecule has 1 aliphatic rings. The number of sulfone groups is 1. The van der Waals surface area contributed by atoms with Gasteiger partial charge in [-0.15, -0.1) is 0 Å². The summed E-state index contributed by atoms with van der Waals surface area (Å²) in [7, 11) is -3.47. The fourth-order valence-corrected chi connectivity index (χ4v) is 4.84. The SMILES string of the molecule is Cc1cc(Br)c2c(c1)S(=O)(=O)C(CO)C(C)N2. The first kappa shape index (κ1) is 12.9. The van der Waals surface area contributed by atoms with Gasteiger partial charge in [-0.25, -0.2) is 8.42 Å². The van der Waals surface area contributed by atoms with Crippen LogP contribution in [0.1, 0.15) is 12.5 Å². The number of halogens is 1. The largest absolute Gasteiger partial charge is 0.395 e. The molecular formula is C11H14BrNO3S. The van der Waals surface area contributed by atoms with Gasteiger partial charge in [-0.3, -0.25) is 0 Å². The second-order valence-corrected chi connectivity index (χ2v) is 7.31. The quantitative estimate of drug-likeness (QED) is 0.827. The van der Waals surface area contributed by atoms with E-state index in [9.17, 15) is 13.5 Å². The summed E-state index contributed by atoms with van der Waals surface area (Å²) in [6, 6.07) is 3.20. The Morgan fingerprint density at radius 1 is 1.47 bits per heavy atom. The topological polar surface area (TPSA) is 66.4 Å². The Labute approximate surface area is 109 Å². The summed E-state index contributed by atoms with van der Waals surface area (Å²) < 4.78 is 25.4. The lowest BCUT2D eigenvalue weighted by atomic mass is 10.2. The average molecular weight is 320 g/mol. The lowest BCUT2D eigenvalue weighted by Gasteiger charge is -2.32. The number of hydrogen-bond acceptors (Lipinski definition) is 4. The lowest BCUT2D eigenvalue weighted by Crippen LogP contribution is -2.44. The van der Waals surface area contributed by atoms with Gasteiger partial charge in [0.25, 0.3) is 0 Å². The van der Waals surface area contributed by atoms with E-state index < -0.39 is 15.1 Å². The molecule has 0 spiro atoms. The van der Waals surface area contributed by atoms with E-state index in [1.807, 2.05) is 13.0 Å². The van der Waals surface area contributed by atoms with Gasteiger partial charge >= 0.3 is 0 Å². The Bertz CT molecular complexity index is 556. The maximum Gasteiger partial charge on any atom is 0.187 e. The number of aryl methyl sites for hydroxylation is 1. The highest BCUT2D eigenvalue weighted by molar-refractivity contribution is 9.10. The van der Waals surface area contributed by atoms with Crippen molar-refractivity contribution in [2.45, 2.75) is 30.0 Å². The molecule has 17 heavy (non-hydrogen) atoms. The fraction of sp³-hybridized carbons (Fsp3) is 0.455. The van der Waals surface area contributed by atoms with Crippen LogP contribution >= 0.6 is 15.9 Å². The molecule has 1 aromatic rings. The van der Waals surface area contributed by atoms with Crippen LogP contribution in [-0.4, -0.2) is 31.4 Å². The van der Waals surface area contributed by atoms with E-state index in [1.54, 1.807) is 13.0 Å². The summed E-state index contributed by atoms with van der Waals surface area (Å²) in [5, 5.41) is 11.6. The number of fused-ring (bicyclic) bond motifs is 1. The summed E-state index contributed by atoms with van der Waals surface area (Å²) in [5.41, 5.74) is 1.46.